The third-order valence-electron chi connectivity index (χ3n) is 2.89. The summed E-state index contributed by atoms with van der Waals surface area (Å²) in [5.41, 5.74) is 1.45. The molecular formula is C14H23NO. The van der Waals surface area contributed by atoms with E-state index < -0.39 is 0 Å². The van der Waals surface area contributed by atoms with Gasteiger partial charge in [-0.05, 0) is 31.3 Å². The molecule has 0 aromatic carbocycles. The Bertz CT molecular complexity index is 249. The van der Waals surface area contributed by atoms with Crippen molar-refractivity contribution in [1.29, 1.82) is 0 Å². The molecule has 1 saturated heterocycles. The van der Waals surface area contributed by atoms with Gasteiger partial charge in [0.25, 0.3) is 0 Å². The average Bonchev–Trinajstić information content (AvgIpc) is 2.35. The van der Waals surface area contributed by atoms with Gasteiger partial charge in [0, 0.05) is 26.3 Å². The maximum absolute atomic E-state index is 5.38. The monoisotopic (exact) mass is 221 g/mol. The highest BCUT2D eigenvalue weighted by Gasteiger charge is 2.15. The highest BCUT2D eigenvalue weighted by atomic mass is 16.5. The quantitative estimate of drug-likeness (QED) is 0.423. The van der Waals surface area contributed by atoms with Crippen molar-refractivity contribution < 1.29 is 4.74 Å². The summed E-state index contributed by atoms with van der Waals surface area (Å²) in [6.07, 6.45) is 10.8. The zero-order chi connectivity index (χ0) is 11.6. The molecule has 0 bridgehead atoms. The fraction of sp³-hybridized carbons (Fsp3) is 0.571. The molecule has 90 valence electrons. The van der Waals surface area contributed by atoms with Crippen LogP contribution in [0.1, 0.15) is 19.8 Å². The Morgan fingerprint density at radius 2 is 2.12 bits per heavy atom. The third kappa shape index (κ3) is 4.77. The lowest BCUT2D eigenvalue weighted by atomic mass is 9.91. The molecule has 1 aliphatic heterocycles. The van der Waals surface area contributed by atoms with Crippen LogP contribution in [0.25, 0.3) is 0 Å². The molecule has 16 heavy (non-hydrogen) atoms. The molecule has 0 radical (unpaired) electrons. The van der Waals surface area contributed by atoms with Gasteiger partial charge in [0.1, 0.15) is 0 Å². The number of hydrogen-bond acceptors (Lipinski definition) is 2. The van der Waals surface area contributed by atoms with Crippen LogP contribution in [-0.2, 0) is 4.74 Å². The predicted octanol–water partition coefficient (Wildman–Crippen LogP) is 2.69. The number of allylic oxidation sites excluding steroid dienone is 3. The van der Waals surface area contributed by atoms with E-state index in [4.69, 9.17) is 4.74 Å². The minimum Gasteiger partial charge on any atom is -0.381 e. The first-order chi connectivity index (χ1) is 7.88. The topological polar surface area (TPSA) is 21.3 Å². The molecule has 0 amide bonds. The van der Waals surface area contributed by atoms with Crippen molar-refractivity contribution in [2.45, 2.75) is 19.8 Å². The van der Waals surface area contributed by atoms with Gasteiger partial charge in [-0.2, -0.15) is 0 Å². The molecule has 2 nitrogen and oxygen atoms in total. The van der Waals surface area contributed by atoms with Gasteiger partial charge in [-0.15, -0.1) is 6.58 Å². The van der Waals surface area contributed by atoms with Gasteiger partial charge in [0.2, 0.25) is 0 Å². The molecule has 1 heterocycles. The summed E-state index contributed by atoms with van der Waals surface area (Å²) in [5, 5.41) is 3.26. The first kappa shape index (κ1) is 13.2. The van der Waals surface area contributed by atoms with E-state index in [0.29, 0.717) is 5.92 Å². The number of ether oxygens (including phenoxy) is 1. The van der Waals surface area contributed by atoms with E-state index in [2.05, 4.69) is 37.0 Å². The predicted molar refractivity (Wildman–Crippen MR) is 69.5 cm³/mol. The van der Waals surface area contributed by atoms with Crippen molar-refractivity contribution in [2.75, 3.05) is 26.3 Å². The van der Waals surface area contributed by atoms with E-state index in [-0.39, 0.29) is 0 Å². The van der Waals surface area contributed by atoms with Crippen molar-refractivity contribution in [1.82, 2.24) is 5.32 Å². The molecule has 1 fully saturated rings. The lowest BCUT2D eigenvalue weighted by molar-refractivity contribution is 0.0765. The summed E-state index contributed by atoms with van der Waals surface area (Å²) < 4.78 is 5.38. The van der Waals surface area contributed by atoms with Gasteiger partial charge in [-0.25, -0.2) is 0 Å². The van der Waals surface area contributed by atoms with E-state index in [0.717, 1.165) is 39.1 Å². The summed E-state index contributed by atoms with van der Waals surface area (Å²) >= 11 is 0. The molecule has 1 aliphatic rings. The third-order valence-corrected chi connectivity index (χ3v) is 2.89. The van der Waals surface area contributed by atoms with Gasteiger partial charge in [0.05, 0.1) is 0 Å². The lowest BCUT2D eigenvalue weighted by Gasteiger charge is -2.23. The molecule has 1 rings (SSSR count). The molecular weight excluding hydrogens is 198 g/mol. The SMILES string of the molecule is C=CCNC/C=C/C(=C\C)C1CCOCC1. The van der Waals surface area contributed by atoms with Crippen LogP contribution in [0.3, 0.4) is 0 Å². The molecule has 0 aromatic rings. The van der Waals surface area contributed by atoms with Crippen molar-refractivity contribution in [3.8, 4) is 0 Å². The second kappa shape index (κ2) is 8.31. The molecule has 0 saturated carbocycles. The maximum atomic E-state index is 5.38. The van der Waals surface area contributed by atoms with E-state index in [1.807, 2.05) is 6.08 Å². The Hall–Kier alpha value is -0.860. The zero-order valence-electron chi connectivity index (χ0n) is 10.2. The molecule has 1 N–H and O–H groups in total. The Morgan fingerprint density at radius 1 is 1.38 bits per heavy atom. The number of rotatable bonds is 6. The second-order valence-electron chi connectivity index (χ2n) is 4.02. The van der Waals surface area contributed by atoms with Crippen molar-refractivity contribution in [3.63, 3.8) is 0 Å². The second-order valence-corrected chi connectivity index (χ2v) is 4.02. The molecule has 0 spiro atoms. The van der Waals surface area contributed by atoms with Crippen LogP contribution in [0.2, 0.25) is 0 Å². The highest BCUT2D eigenvalue weighted by Crippen LogP contribution is 2.23. The van der Waals surface area contributed by atoms with Crippen LogP contribution in [0.5, 0.6) is 0 Å². The smallest absolute Gasteiger partial charge is 0.0471 e. The van der Waals surface area contributed by atoms with Crippen molar-refractivity contribution in [3.05, 3.63) is 36.5 Å². The van der Waals surface area contributed by atoms with Gasteiger partial charge in [0.15, 0.2) is 0 Å². The first-order valence-electron chi connectivity index (χ1n) is 6.10. The minimum absolute atomic E-state index is 0.689. The number of hydrogen-bond donors (Lipinski definition) is 1. The largest absolute Gasteiger partial charge is 0.381 e. The Morgan fingerprint density at radius 3 is 2.75 bits per heavy atom. The molecule has 0 aliphatic carbocycles. The summed E-state index contributed by atoms with van der Waals surface area (Å²) in [5.74, 6) is 0.689. The Kier molecular flexibility index (Phi) is 6.86. The highest BCUT2D eigenvalue weighted by molar-refractivity contribution is 5.21. The standard InChI is InChI=1S/C14H23NO/c1-3-9-15-10-5-6-13(4-2)14-7-11-16-12-8-14/h3-6,14-15H,1,7-12H2,2H3/b6-5+,13-4+. The summed E-state index contributed by atoms with van der Waals surface area (Å²) in [7, 11) is 0. The van der Waals surface area contributed by atoms with E-state index in [9.17, 15) is 0 Å². The van der Waals surface area contributed by atoms with E-state index in [1.54, 1.807) is 0 Å². The molecule has 0 unspecified atom stereocenters. The molecule has 0 atom stereocenters. The molecule has 2 heteroatoms. The normalized spacial score (nSPS) is 19.2. The van der Waals surface area contributed by atoms with Crippen molar-refractivity contribution >= 4 is 0 Å². The van der Waals surface area contributed by atoms with Gasteiger partial charge >= 0.3 is 0 Å². The summed E-state index contributed by atoms with van der Waals surface area (Å²) in [4.78, 5) is 0. The maximum Gasteiger partial charge on any atom is 0.0471 e. The van der Waals surface area contributed by atoms with E-state index in [1.165, 1.54) is 5.57 Å². The van der Waals surface area contributed by atoms with Crippen LogP contribution < -0.4 is 5.32 Å². The summed E-state index contributed by atoms with van der Waals surface area (Å²) in [6.45, 7) is 9.38. The van der Waals surface area contributed by atoms with Crippen LogP contribution in [0.15, 0.2) is 36.5 Å². The first-order valence-corrected chi connectivity index (χ1v) is 6.10. The Labute approximate surface area is 99.1 Å². The minimum atomic E-state index is 0.689. The fourth-order valence-corrected chi connectivity index (χ4v) is 1.96. The van der Waals surface area contributed by atoms with Gasteiger partial charge in [-0.3, -0.25) is 0 Å². The van der Waals surface area contributed by atoms with Crippen LogP contribution in [0.4, 0.5) is 0 Å². The zero-order valence-corrected chi connectivity index (χ0v) is 10.2. The number of nitrogens with one attached hydrogen (secondary N) is 1. The fourth-order valence-electron chi connectivity index (χ4n) is 1.96. The molecule has 0 aromatic heterocycles. The van der Waals surface area contributed by atoms with Crippen LogP contribution in [0, 0.1) is 5.92 Å². The van der Waals surface area contributed by atoms with Crippen LogP contribution in [-0.4, -0.2) is 26.3 Å². The average molecular weight is 221 g/mol. The van der Waals surface area contributed by atoms with Gasteiger partial charge < -0.3 is 10.1 Å². The van der Waals surface area contributed by atoms with E-state index >= 15 is 0 Å². The Balaban J connectivity index is 2.33. The lowest BCUT2D eigenvalue weighted by Crippen LogP contribution is -2.17. The van der Waals surface area contributed by atoms with Gasteiger partial charge in [-0.1, -0.05) is 24.3 Å². The summed E-state index contributed by atoms with van der Waals surface area (Å²) in [6, 6.07) is 0. The van der Waals surface area contributed by atoms with Crippen molar-refractivity contribution in [2.24, 2.45) is 5.92 Å². The van der Waals surface area contributed by atoms with Crippen LogP contribution >= 0.6 is 0 Å².